The second-order valence-electron chi connectivity index (χ2n) is 6.46. The number of nitrogens with zero attached hydrogens (tertiary/aromatic N) is 4. The molecule has 0 saturated heterocycles. The maximum absolute atomic E-state index is 12.5. The van der Waals surface area contributed by atoms with E-state index in [4.69, 9.17) is 16.0 Å². The molecule has 1 saturated carbocycles. The summed E-state index contributed by atoms with van der Waals surface area (Å²) in [5.74, 6) is 0.852. The van der Waals surface area contributed by atoms with Crippen LogP contribution in [0.3, 0.4) is 0 Å². The first-order chi connectivity index (χ1) is 13.2. The van der Waals surface area contributed by atoms with Crippen molar-refractivity contribution in [2.24, 2.45) is 0 Å². The molecule has 134 valence electrons. The molecule has 7 nitrogen and oxygen atoms in total. The quantitative estimate of drug-likeness (QED) is 0.574. The van der Waals surface area contributed by atoms with Crippen molar-refractivity contribution in [3.05, 3.63) is 65.3 Å². The van der Waals surface area contributed by atoms with Gasteiger partial charge in [0.05, 0.1) is 16.9 Å². The number of amides is 1. The molecule has 8 heteroatoms. The van der Waals surface area contributed by atoms with Gasteiger partial charge in [-0.3, -0.25) is 4.79 Å². The van der Waals surface area contributed by atoms with Gasteiger partial charge in [0.2, 0.25) is 0 Å². The predicted octanol–water partition coefficient (Wildman–Crippen LogP) is 4.19. The van der Waals surface area contributed by atoms with Crippen LogP contribution in [0.15, 0.2) is 53.1 Å². The molecule has 27 heavy (non-hydrogen) atoms. The van der Waals surface area contributed by atoms with Crippen LogP contribution < -0.4 is 5.32 Å². The Labute approximate surface area is 159 Å². The van der Waals surface area contributed by atoms with Gasteiger partial charge in [0, 0.05) is 11.6 Å². The van der Waals surface area contributed by atoms with E-state index < -0.39 is 0 Å². The number of para-hydroxylation sites is 1. The van der Waals surface area contributed by atoms with Gasteiger partial charge < -0.3 is 9.73 Å². The van der Waals surface area contributed by atoms with E-state index in [1.165, 1.54) is 10.9 Å². The van der Waals surface area contributed by atoms with Gasteiger partial charge in [0.15, 0.2) is 17.2 Å². The fourth-order valence-corrected chi connectivity index (χ4v) is 3.07. The minimum absolute atomic E-state index is 0.189. The maximum atomic E-state index is 12.5. The third-order valence-electron chi connectivity index (χ3n) is 4.41. The van der Waals surface area contributed by atoms with Crippen molar-refractivity contribution in [1.82, 2.24) is 20.0 Å². The molecule has 2 aromatic heterocycles. The van der Waals surface area contributed by atoms with E-state index >= 15 is 0 Å². The molecule has 0 radical (unpaired) electrons. The highest BCUT2D eigenvalue weighted by Gasteiger charge is 2.28. The van der Waals surface area contributed by atoms with E-state index in [1.807, 2.05) is 18.2 Å². The van der Waals surface area contributed by atoms with Gasteiger partial charge in [0.25, 0.3) is 5.91 Å². The summed E-state index contributed by atoms with van der Waals surface area (Å²) in [5.41, 5.74) is 2.92. The Morgan fingerprint density at radius 1 is 1.22 bits per heavy atom. The molecule has 2 aromatic carbocycles. The lowest BCUT2D eigenvalue weighted by molar-refractivity contribution is 0.102. The highest BCUT2D eigenvalue weighted by Crippen LogP contribution is 2.40. The molecule has 1 aliphatic rings. The average molecular weight is 380 g/mol. The van der Waals surface area contributed by atoms with E-state index in [2.05, 4.69) is 20.6 Å². The molecule has 0 bridgehead atoms. The molecule has 1 amide bonds. The number of rotatable bonds is 4. The van der Waals surface area contributed by atoms with Crippen molar-refractivity contribution in [2.75, 3.05) is 5.32 Å². The first-order valence-corrected chi connectivity index (χ1v) is 8.94. The molecule has 2 heterocycles. The van der Waals surface area contributed by atoms with Gasteiger partial charge in [-0.1, -0.05) is 28.9 Å². The summed E-state index contributed by atoms with van der Waals surface area (Å²) in [6.07, 6.45) is 3.78. The van der Waals surface area contributed by atoms with Crippen LogP contribution in [-0.2, 0) is 0 Å². The first kappa shape index (κ1) is 16.0. The zero-order chi connectivity index (χ0) is 18.4. The third-order valence-corrected chi connectivity index (χ3v) is 4.73. The number of carbonyl (C=O) groups is 1. The van der Waals surface area contributed by atoms with E-state index in [-0.39, 0.29) is 11.6 Å². The van der Waals surface area contributed by atoms with E-state index in [0.29, 0.717) is 22.3 Å². The van der Waals surface area contributed by atoms with Gasteiger partial charge in [-0.05, 0) is 43.2 Å². The molecule has 1 aliphatic carbocycles. The van der Waals surface area contributed by atoms with Crippen LogP contribution in [0, 0.1) is 0 Å². The van der Waals surface area contributed by atoms with Crippen molar-refractivity contribution in [1.29, 1.82) is 0 Å². The zero-order valence-corrected chi connectivity index (χ0v) is 14.8. The number of hydrogen-bond acceptors (Lipinski definition) is 5. The Bertz CT molecular complexity index is 1160. The molecule has 0 unspecified atom stereocenters. The summed E-state index contributed by atoms with van der Waals surface area (Å²) in [7, 11) is 0. The Balaban J connectivity index is 1.37. The molecule has 1 N–H and O–H groups in total. The number of fused-ring (bicyclic) bond motifs is 1. The van der Waals surface area contributed by atoms with Crippen LogP contribution in [0.4, 0.5) is 5.69 Å². The van der Waals surface area contributed by atoms with Crippen LogP contribution in [-0.4, -0.2) is 25.9 Å². The summed E-state index contributed by atoms with van der Waals surface area (Å²) in [6, 6.07) is 12.6. The summed E-state index contributed by atoms with van der Waals surface area (Å²) < 4.78 is 7.21. The van der Waals surface area contributed by atoms with Crippen molar-refractivity contribution in [3.8, 4) is 5.69 Å². The van der Waals surface area contributed by atoms with Crippen LogP contribution in [0.1, 0.15) is 35.1 Å². The second kappa shape index (κ2) is 6.21. The highest BCUT2D eigenvalue weighted by atomic mass is 35.5. The Kier molecular flexibility index (Phi) is 3.68. The summed E-state index contributed by atoms with van der Waals surface area (Å²) in [5, 5.41) is 11.3. The van der Waals surface area contributed by atoms with Gasteiger partial charge in [-0.25, -0.2) is 9.67 Å². The van der Waals surface area contributed by atoms with E-state index in [9.17, 15) is 4.79 Å². The smallest absolute Gasteiger partial charge is 0.277 e. The summed E-state index contributed by atoms with van der Waals surface area (Å²) in [6.45, 7) is 0. The number of nitrogens with one attached hydrogen (secondary N) is 1. The van der Waals surface area contributed by atoms with Crippen LogP contribution in [0.5, 0.6) is 0 Å². The maximum Gasteiger partial charge on any atom is 0.277 e. The van der Waals surface area contributed by atoms with E-state index in [1.54, 1.807) is 24.3 Å². The molecular formula is C19H14ClN5O2. The number of aromatic nitrogens is 4. The van der Waals surface area contributed by atoms with Crippen molar-refractivity contribution >= 4 is 34.3 Å². The molecule has 0 aliphatic heterocycles. The van der Waals surface area contributed by atoms with Crippen LogP contribution in [0.2, 0.25) is 5.02 Å². The Hall–Kier alpha value is -3.19. The summed E-state index contributed by atoms with van der Waals surface area (Å²) in [4.78, 5) is 17.0. The topological polar surface area (TPSA) is 85.8 Å². The second-order valence-corrected chi connectivity index (χ2v) is 6.87. The molecule has 0 spiro atoms. The minimum atomic E-state index is -0.362. The van der Waals surface area contributed by atoms with Gasteiger partial charge in [-0.2, -0.15) is 0 Å². The lowest BCUT2D eigenvalue weighted by Crippen LogP contribution is -2.12. The predicted molar refractivity (Wildman–Crippen MR) is 100 cm³/mol. The van der Waals surface area contributed by atoms with Crippen LogP contribution in [0.25, 0.3) is 16.8 Å². The minimum Gasteiger partial charge on any atom is -0.440 e. The van der Waals surface area contributed by atoms with Crippen molar-refractivity contribution in [2.45, 2.75) is 18.8 Å². The standard InChI is InChI=1S/C19H14ClN5O2/c20-13-3-1-2-4-16(13)25-10-15(23-24-25)18(26)21-12-7-8-17-14(9-12)22-19(27-17)11-5-6-11/h1-4,7-11H,5-6H2,(H,21,26). The fourth-order valence-electron chi connectivity index (χ4n) is 2.85. The van der Waals surface area contributed by atoms with Crippen molar-refractivity contribution < 1.29 is 9.21 Å². The van der Waals surface area contributed by atoms with Gasteiger partial charge >= 0.3 is 0 Å². The van der Waals surface area contributed by atoms with Crippen LogP contribution >= 0.6 is 11.6 Å². The average Bonchev–Trinajstić information content (AvgIpc) is 3.25. The third kappa shape index (κ3) is 3.06. The number of halogens is 1. The number of anilines is 1. The molecule has 5 rings (SSSR count). The largest absolute Gasteiger partial charge is 0.440 e. The Morgan fingerprint density at radius 2 is 2.07 bits per heavy atom. The van der Waals surface area contributed by atoms with Crippen molar-refractivity contribution in [3.63, 3.8) is 0 Å². The van der Waals surface area contributed by atoms with Gasteiger partial charge in [0.1, 0.15) is 5.52 Å². The lowest BCUT2D eigenvalue weighted by Gasteiger charge is -2.02. The highest BCUT2D eigenvalue weighted by molar-refractivity contribution is 6.32. The SMILES string of the molecule is O=C(Nc1ccc2oc(C3CC3)nc2c1)c1cn(-c2ccccc2Cl)nn1. The molecule has 0 atom stereocenters. The van der Waals surface area contributed by atoms with Gasteiger partial charge in [-0.15, -0.1) is 5.10 Å². The number of carbonyl (C=O) groups excluding carboxylic acids is 1. The summed E-state index contributed by atoms with van der Waals surface area (Å²) >= 11 is 6.16. The molecular weight excluding hydrogens is 366 g/mol. The number of oxazole rings is 1. The molecule has 4 aromatic rings. The first-order valence-electron chi connectivity index (χ1n) is 8.56. The molecule has 1 fully saturated rings. The normalized spacial score (nSPS) is 13.8. The number of hydrogen-bond donors (Lipinski definition) is 1. The Morgan fingerprint density at radius 3 is 2.89 bits per heavy atom. The van der Waals surface area contributed by atoms with E-state index in [0.717, 1.165) is 29.8 Å². The lowest BCUT2D eigenvalue weighted by atomic mass is 10.2. The fraction of sp³-hybridized carbons (Fsp3) is 0.158. The number of benzene rings is 2. The monoisotopic (exact) mass is 379 g/mol. The zero-order valence-electron chi connectivity index (χ0n) is 14.1.